The number of aromatic nitrogens is 1. The van der Waals surface area contributed by atoms with Gasteiger partial charge in [0.05, 0.1) is 5.56 Å². The fraction of sp³-hybridized carbons (Fsp3) is 0.375. The second-order valence-electron chi connectivity index (χ2n) is 5.47. The quantitative estimate of drug-likeness (QED) is 0.776. The summed E-state index contributed by atoms with van der Waals surface area (Å²) in [6.07, 6.45) is -2.80. The number of hydrogen-bond donors (Lipinski definition) is 0. The minimum Gasteiger partial charge on any atom is -0.490 e. The van der Waals surface area contributed by atoms with E-state index in [1.807, 2.05) is 4.90 Å². The number of carbonyl (C=O) groups is 1. The van der Waals surface area contributed by atoms with Gasteiger partial charge < -0.3 is 9.64 Å². The molecule has 0 atom stereocenters. The SMILES string of the molecule is O=Cc1csc(N2CCC(Oc3ccccc3C(F)(F)F)CC2)n1. The topological polar surface area (TPSA) is 42.4 Å². The zero-order valence-electron chi connectivity index (χ0n) is 12.6. The predicted octanol–water partition coefficient (Wildman–Crippen LogP) is 4.02. The molecule has 128 valence electrons. The molecule has 0 amide bonds. The molecule has 1 aliphatic heterocycles. The summed E-state index contributed by atoms with van der Waals surface area (Å²) in [7, 11) is 0. The number of alkyl halides is 3. The van der Waals surface area contributed by atoms with Crippen molar-refractivity contribution in [3.8, 4) is 5.75 Å². The van der Waals surface area contributed by atoms with E-state index in [0.29, 0.717) is 37.9 Å². The third kappa shape index (κ3) is 3.69. The zero-order valence-corrected chi connectivity index (χ0v) is 13.4. The van der Waals surface area contributed by atoms with Crippen molar-refractivity contribution in [3.05, 3.63) is 40.9 Å². The molecule has 0 N–H and O–H groups in total. The highest BCUT2D eigenvalue weighted by Gasteiger charge is 2.35. The van der Waals surface area contributed by atoms with Crippen LogP contribution in [0.15, 0.2) is 29.6 Å². The van der Waals surface area contributed by atoms with Crippen molar-refractivity contribution in [3.63, 3.8) is 0 Å². The van der Waals surface area contributed by atoms with Gasteiger partial charge >= 0.3 is 6.18 Å². The van der Waals surface area contributed by atoms with Gasteiger partial charge in [0.15, 0.2) is 11.4 Å². The summed E-state index contributed by atoms with van der Waals surface area (Å²) in [6.45, 7) is 1.26. The van der Waals surface area contributed by atoms with E-state index in [9.17, 15) is 18.0 Å². The van der Waals surface area contributed by atoms with E-state index in [-0.39, 0.29) is 11.9 Å². The van der Waals surface area contributed by atoms with Crippen LogP contribution in [0, 0.1) is 0 Å². The first-order valence-corrected chi connectivity index (χ1v) is 8.34. The Kier molecular flexibility index (Phi) is 4.75. The van der Waals surface area contributed by atoms with Gasteiger partial charge in [-0.25, -0.2) is 4.98 Å². The van der Waals surface area contributed by atoms with Crippen LogP contribution in [0.2, 0.25) is 0 Å². The lowest BCUT2D eigenvalue weighted by Crippen LogP contribution is -2.38. The lowest BCUT2D eigenvalue weighted by molar-refractivity contribution is -0.139. The predicted molar refractivity (Wildman–Crippen MR) is 84.8 cm³/mol. The van der Waals surface area contributed by atoms with E-state index in [0.717, 1.165) is 11.2 Å². The summed E-state index contributed by atoms with van der Waals surface area (Å²) in [6, 6.07) is 5.27. The highest BCUT2D eigenvalue weighted by molar-refractivity contribution is 7.13. The number of aldehydes is 1. The molecule has 1 aromatic heterocycles. The summed E-state index contributed by atoms with van der Waals surface area (Å²) in [4.78, 5) is 16.9. The molecular formula is C16H15F3N2O2S. The van der Waals surface area contributed by atoms with Crippen LogP contribution >= 0.6 is 11.3 Å². The largest absolute Gasteiger partial charge is 0.490 e. The molecule has 0 aliphatic carbocycles. The number of halogens is 3. The minimum absolute atomic E-state index is 0.124. The molecule has 1 aliphatic rings. The van der Waals surface area contributed by atoms with Crippen LogP contribution in [0.25, 0.3) is 0 Å². The Morgan fingerprint density at radius 2 is 1.96 bits per heavy atom. The second kappa shape index (κ2) is 6.80. The van der Waals surface area contributed by atoms with E-state index in [2.05, 4.69) is 4.98 Å². The highest BCUT2D eigenvalue weighted by atomic mass is 32.1. The number of rotatable bonds is 4. The first kappa shape index (κ1) is 16.8. The molecule has 24 heavy (non-hydrogen) atoms. The van der Waals surface area contributed by atoms with Gasteiger partial charge in [0.2, 0.25) is 0 Å². The standard InChI is InChI=1S/C16H15F3N2O2S/c17-16(18,19)13-3-1-2-4-14(13)23-12-5-7-21(8-6-12)15-20-11(9-22)10-24-15/h1-4,9-10,12H,5-8H2. The van der Waals surface area contributed by atoms with Crippen LogP contribution in [0.4, 0.5) is 18.3 Å². The third-order valence-electron chi connectivity index (χ3n) is 3.83. The van der Waals surface area contributed by atoms with Crippen LogP contribution in [0.1, 0.15) is 28.9 Å². The Morgan fingerprint density at radius 1 is 1.25 bits per heavy atom. The zero-order chi connectivity index (χ0) is 17.2. The van der Waals surface area contributed by atoms with Crippen molar-refractivity contribution in [1.82, 2.24) is 4.98 Å². The lowest BCUT2D eigenvalue weighted by atomic mass is 10.1. The summed E-state index contributed by atoms with van der Waals surface area (Å²) in [5.74, 6) is -0.124. The molecule has 1 saturated heterocycles. The number of hydrogen-bond acceptors (Lipinski definition) is 5. The maximum Gasteiger partial charge on any atom is 0.419 e. The van der Waals surface area contributed by atoms with Gasteiger partial charge in [-0.2, -0.15) is 13.2 Å². The molecule has 1 fully saturated rings. The Labute approximate surface area is 140 Å². The molecule has 2 heterocycles. The number of ether oxygens (including phenoxy) is 1. The Morgan fingerprint density at radius 3 is 2.58 bits per heavy atom. The first-order chi connectivity index (χ1) is 11.5. The maximum atomic E-state index is 13.0. The summed E-state index contributed by atoms with van der Waals surface area (Å²) in [5, 5.41) is 2.44. The highest BCUT2D eigenvalue weighted by Crippen LogP contribution is 2.37. The molecule has 0 bridgehead atoms. The normalized spacial score (nSPS) is 16.2. The molecule has 3 rings (SSSR count). The fourth-order valence-electron chi connectivity index (χ4n) is 2.62. The number of anilines is 1. The van der Waals surface area contributed by atoms with Gasteiger partial charge in [0.1, 0.15) is 17.5 Å². The number of carbonyl (C=O) groups excluding carboxylic acids is 1. The number of nitrogens with zero attached hydrogens (tertiary/aromatic N) is 2. The maximum absolute atomic E-state index is 13.0. The van der Waals surface area contributed by atoms with E-state index < -0.39 is 11.7 Å². The second-order valence-corrected chi connectivity index (χ2v) is 6.31. The van der Waals surface area contributed by atoms with Crippen molar-refractivity contribution in [1.29, 1.82) is 0 Å². The van der Waals surface area contributed by atoms with Crippen LogP contribution in [0.5, 0.6) is 5.75 Å². The molecule has 0 spiro atoms. The van der Waals surface area contributed by atoms with Crippen LogP contribution < -0.4 is 9.64 Å². The van der Waals surface area contributed by atoms with Gasteiger partial charge in [-0.15, -0.1) is 11.3 Å². The molecular weight excluding hydrogens is 341 g/mol. The smallest absolute Gasteiger partial charge is 0.419 e. The Bertz CT molecular complexity index is 709. The molecule has 0 unspecified atom stereocenters. The minimum atomic E-state index is -4.43. The average Bonchev–Trinajstić information content (AvgIpc) is 3.04. The van der Waals surface area contributed by atoms with Crippen molar-refractivity contribution in [2.75, 3.05) is 18.0 Å². The van der Waals surface area contributed by atoms with Gasteiger partial charge in [-0.05, 0) is 12.1 Å². The van der Waals surface area contributed by atoms with E-state index in [1.165, 1.54) is 29.5 Å². The monoisotopic (exact) mass is 356 g/mol. The van der Waals surface area contributed by atoms with Crippen LogP contribution in [-0.2, 0) is 6.18 Å². The summed E-state index contributed by atoms with van der Waals surface area (Å²) in [5.41, 5.74) is -0.351. The van der Waals surface area contributed by atoms with Crippen LogP contribution in [0.3, 0.4) is 0 Å². The number of thiazole rings is 1. The van der Waals surface area contributed by atoms with E-state index in [1.54, 1.807) is 5.38 Å². The van der Waals surface area contributed by atoms with Crippen molar-refractivity contribution >= 4 is 22.8 Å². The molecule has 2 aromatic rings. The van der Waals surface area contributed by atoms with Crippen LogP contribution in [-0.4, -0.2) is 30.5 Å². The van der Waals surface area contributed by atoms with E-state index >= 15 is 0 Å². The number of piperidine rings is 1. The molecule has 0 saturated carbocycles. The average molecular weight is 356 g/mol. The number of para-hydroxylation sites is 1. The van der Waals surface area contributed by atoms with Crippen molar-refractivity contribution < 1.29 is 22.7 Å². The molecule has 8 heteroatoms. The van der Waals surface area contributed by atoms with Crippen molar-refractivity contribution in [2.24, 2.45) is 0 Å². The van der Waals surface area contributed by atoms with E-state index in [4.69, 9.17) is 4.74 Å². The van der Waals surface area contributed by atoms with Gasteiger partial charge in [0.25, 0.3) is 0 Å². The third-order valence-corrected chi connectivity index (χ3v) is 4.75. The lowest BCUT2D eigenvalue weighted by Gasteiger charge is -2.32. The van der Waals surface area contributed by atoms with Gasteiger partial charge in [-0.1, -0.05) is 12.1 Å². The van der Waals surface area contributed by atoms with Gasteiger partial charge in [0, 0.05) is 31.3 Å². The number of benzene rings is 1. The fourth-order valence-corrected chi connectivity index (χ4v) is 3.45. The molecule has 4 nitrogen and oxygen atoms in total. The first-order valence-electron chi connectivity index (χ1n) is 7.46. The summed E-state index contributed by atoms with van der Waals surface area (Å²) < 4.78 is 44.6. The summed E-state index contributed by atoms with van der Waals surface area (Å²) >= 11 is 1.39. The molecule has 1 aromatic carbocycles. The van der Waals surface area contributed by atoms with Gasteiger partial charge in [-0.3, -0.25) is 4.79 Å². The Balaban J connectivity index is 1.63. The Hall–Kier alpha value is -2.09. The van der Waals surface area contributed by atoms with Crippen molar-refractivity contribution in [2.45, 2.75) is 25.1 Å². The molecule has 0 radical (unpaired) electrons.